The molecule has 3 aromatic heterocycles. The molecule has 1 aliphatic rings. The van der Waals surface area contributed by atoms with Gasteiger partial charge in [-0.1, -0.05) is 18.2 Å². The fourth-order valence-electron chi connectivity index (χ4n) is 5.06. The fourth-order valence-corrected chi connectivity index (χ4v) is 6.42. The van der Waals surface area contributed by atoms with E-state index < -0.39 is 10.8 Å². The summed E-state index contributed by atoms with van der Waals surface area (Å²) in [6.07, 6.45) is 3.26. The van der Waals surface area contributed by atoms with Gasteiger partial charge in [0.15, 0.2) is 0 Å². The highest BCUT2D eigenvalue weighted by molar-refractivity contribution is 7.84. The van der Waals surface area contributed by atoms with Crippen molar-refractivity contribution in [2.75, 3.05) is 42.7 Å². The molecule has 0 spiro atoms. The van der Waals surface area contributed by atoms with Crippen molar-refractivity contribution in [3.63, 3.8) is 0 Å². The van der Waals surface area contributed by atoms with Gasteiger partial charge >= 0.3 is 0 Å². The van der Waals surface area contributed by atoms with Gasteiger partial charge in [0.2, 0.25) is 5.95 Å². The van der Waals surface area contributed by atoms with Crippen molar-refractivity contribution in [3.8, 4) is 11.3 Å². The number of hydrogen-bond acceptors (Lipinski definition) is 9. The van der Waals surface area contributed by atoms with E-state index in [1.165, 1.54) is 17.4 Å². The van der Waals surface area contributed by atoms with Gasteiger partial charge in [0, 0.05) is 59.5 Å². The lowest BCUT2D eigenvalue weighted by molar-refractivity contribution is 0.566. The molecule has 1 atom stereocenters. The van der Waals surface area contributed by atoms with Crippen molar-refractivity contribution in [3.05, 3.63) is 86.8 Å². The van der Waals surface area contributed by atoms with Crippen LogP contribution in [0.2, 0.25) is 0 Å². The van der Waals surface area contributed by atoms with Crippen LogP contribution in [0.1, 0.15) is 10.4 Å². The topological polar surface area (TPSA) is 105 Å². The molecule has 2 N–H and O–H groups in total. The van der Waals surface area contributed by atoms with Crippen LogP contribution in [0.5, 0.6) is 0 Å². The average molecular weight is 590 g/mol. The van der Waals surface area contributed by atoms with Crippen LogP contribution in [0.15, 0.2) is 69.9 Å². The smallest absolute Gasteiger partial charge is 0.262 e. The maximum absolute atomic E-state index is 15.0. The minimum absolute atomic E-state index is 0.159. The van der Waals surface area contributed by atoms with Crippen LogP contribution in [0, 0.1) is 12.7 Å². The highest BCUT2D eigenvalue weighted by Gasteiger charge is 2.19. The standard InChI is InChI=1S/C29H28FN7O2S2/c1-18-26(33-17-40-18)22-13-20-15-32-29(34-21-7-8-24(23(30)14-21)36-11-9-31-10-12-36)35-27(20)37(28(22)38)16-19-5-3-4-6-25(19)41(2)39/h3-8,13-15,17,31H,9-12,16H2,1-2H3,(H,32,34,35). The van der Waals surface area contributed by atoms with Gasteiger partial charge in [0.25, 0.3) is 5.56 Å². The highest BCUT2D eigenvalue weighted by atomic mass is 32.2. The number of piperazine rings is 1. The SMILES string of the molecule is Cc1scnc1-c1cc2cnc(Nc3ccc(N4CCNCC4)c(F)c3)nc2n(Cc2ccccc2S(C)=O)c1=O. The highest BCUT2D eigenvalue weighted by Crippen LogP contribution is 2.28. The lowest BCUT2D eigenvalue weighted by Crippen LogP contribution is -2.43. The van der Waals surface area contributed by atoms with Crippen LogP contribution in [-0.4, -0.2) is 56.2 Å². The number of nitrogens with one attached hydrogen (secondary N) is 2. The predicted molar refractivity (Wildman–Crippen MR) is 162 cm³/mol. The van der Waals surface area contributed by atoms with Crippen molar-refractivity contribution < 1.29 is 8.60 Å². The van der Waals surface area contributed by atoms with E-state index in [1.54, 1.807) is 46.8 Å². The number of benzene rings is 2. The quantitative estimate of drug-likeness (QED) is 0.290. The molecular weight excluding hydrogens is 561 g/mol. The zero-order valence-electron chi connectivity index (χ0n) is 22.6. The molecule has 0 radical (unpaired) electrons. The number of rotatable bonds is 7. The first-order chi connectivity index (χ1) is 19.9. The number of pyridine rings is 1. The molecular formula is C29H28FN7O2S2. The third-order valence-electron chi connectivity index (χ3n) is 7.10. The van der Waals surface area contributed by atoms with Gasteiger partial charge in [-0.3, -0.25) is 13.6 Å². The molecule has 1 saturated heterocycles. The van der Waals surface area contributed by atoms with E-state index in [9.17, 15) is 9.00 Å². The molecule has 2 aromatic carbocycles. The first-order valence-electron chi connectivity index (χ1n) is 13.1. The molecule has 0 amide bonds. The summed E-state index contributed by atoms with van der Waals surface area (Å²) in [4.78, 5) is 31.1. The first-order valence-corrected chi connectivity index (χ1v) is 15.6. The molecule has 1 unspecified atom stereocenters. The van der Waals surface area contributed by atoms with Gasteiger partial charge in [0.1, 0.15) is 11.5 Å². The van der Waals surface area contributed by atoms with E-state index in [4.69, 9.17) is 4.98 Å². The Kier molecular flexibility index (Phi) is 7.61. The Labute approximate surface area is 242 Å². The van der Waals surface area contributed by atoms with E-state index in [1.807, 2.05) is 30.0 Å². The minimum atomic E-state index is -1.24. The number of thiazole rings is 1. The summed E-state index contributed by atoms with van der Waals surface area (Å²) in [7, 11) is -1.24. The lowest BCUT2D eigenvalue weighted by Gasteiger charge is -2.29. The second-order valence-electron chi connectivity index (χ2n) is 9.77. The summed E-state index contributed by atoms with van der Waals surface area (Å²) in [6.45, 7) is 5.19. The predicted octanol–water partition coefficient (Wildman–Crippen LogP) is 4.30. The zero-order chi connectivity index (χ0) is 28.5. The minimum Gasteiger partial charge on any atom is -0.367 e. The molecule has 41 heavy (non-hydrogen) atoms. The molecule has 5 aromatic rings. The Bertz CT molecular complexity index is 1830. The maximum Gasteiger partial charge on any atom is 0.262 e. The molecule has 0 aliphatic carbocycles. The molecule has 0 saturated carbocycles. The van der Waals surface area contributed by atoms with Crippen LogP contribution in [0.3, 0.4) is 0 Å². The second kappa shape index (κ2) is 11.5. The lowest BCUT2D eigenvalue weighted by atomic mass is 10.1. The Morgan fingerprint density at radius 3 is 2.66 bits per heavy atom. The van der Waals surface area contributed by atoms with Crippen molar-refractivity contribution in [1.29, 1.82) is 0 Å². The van der Waals surface area contributed by atoms with Gasteiger partial charge in [0.05, 0.1) is 39.8 Å². The number of hydrogen-bond donors (Lipinski definition) is 2. The Morgan fingerprint density at radius 2 is 1.93 bits per heavy atom. The van der Waals surface area contributed by atoms with Crippen LogP contribution < -0.4 is 21.1 Å². The van der Waals surface area contributed by atoms with E-state index in [-0.39, 0.29) is 23.9 Å². The summed E-state index contributed by atoms with van der Waals surface area (Å²) < 4.78 is 29.1. The molecule has 6 rings (SSSR count). The number of nitrogens with zero attached hydrogens (tertiary/aromatic N) is 5. The van der Waals surface area contributed by atoms with Gasteiger partial charge < -0.3 is 15.5 Å². The van der Waals surface area contributed by atoms with E-state index in [2.05, 4.69) is 20.6 Å². The zero-order valence-corrected chi connectivity index (χ0v) is 24.2. The number of halogens is 1. The largest absolute Gasteiger partial charge is 0.367 e. The normalized spacial score (nSPS) is 14.4. The van der Waals surface area contributed by atoms with Gasteiger partial charge in [-0.2, -0.15) is 4.98 Å². The molecule has 0 bridgehead atoms. The monoisotopic (exact) mass is 589 g/mol. The van der Waals surface area contributed by atoms with Crippen LogP contribution in [0.4, 0.5) is 21.7 Å². The Hall–Kier alpha value is -4.00. The number of fused-ring (bicyclic) bond motifs is 1. The van der Waals surface area contributed by atoms with Gasteiger partial charge in [-0.25, -0.2) is 14.4 Å². The Morgan fingerprint density at radius 1 is 1.12 bits per heavy atom. The first kappa shape index (κ1) is 27.2. The maximum atomic E-state index is 15.0. The Balaban J connectivity index is 1.42. The van der Waals surface area contributed by atoms with Crippen LogP contribution in [0.25, 0.3) is 22.3 Å². The van der Waals surface area contributed by atoms with E-state index in [0.29, 0.717) is 38.6 Å². The molecule has 12 heteroatoms. The third kappa shape index (κ3) is 5.50. The van der Waals surface area contributed by atoms with Crippen LogP contribution in [-0.2, 0) is 17.3 Å². The second-order valence-corrected chi connectivity index (χ2v) is 12.2. The van der Waals surface area contributed by atoms with E-state index in [0.717, 1.165) is 36.6 Å². The molecule has 1 aliphatic heterocycles. The van der Waals surface area contributed by atoms with Gasteiger partial charge in [-0.15, -0.1) is 11.3 Å². The summed E-state index contributed by atoms with van der Waals surface area (Å²) in [5.41, 5.74) is 4.72. The summed E-state index contributed by atoms with van der Waals surface area (Å²) in [5, 5.41) is 7.01. The van der Waals surface area contributed by atoms with Crippen molar-refractivity contribution in [2.24, 2.45) is 0 Å². The molecule has 4 heterocycles. The van der Waals surface area contributed by atoms with Crippen molar-refractivity contribution in [1.82, 2.24) is 24.8 Å². The van der Waals surface area contributed by atoms with Crippen molar-refractivity contribution in [2.45, 2.75) is 18.4 Å². The fraction of sp³-hybridized carbons (Fsp3) is 0.241. The molecule has 210 valence electrons. The number of anilines is 3. The summed E-state index contributed by atoms with van der Waals surface area (Å²) >= 11 is 1.47. The van der Waals surface area contributed by atoms with E-state index >= 15 is 4.39 Å². The third-order valence-corrected chi connectivity index (χ3v) is 8.87. The number of aromatic nitrogens is 4. The van der Waals surface area contributed by atoms with Crippen molar-refractivity contribution >= 4 is 50.5 Å². The summed E-state index contributed by atoms with van der Waals surface area (Å²) in [5.74, 6) is -0.105. The summed E-state index contributed by atoms with van der Waals surface area (Å²) in [6, 6.07) is 14.1. The average Bonchev–Trinajstić information content (AvgIpc) is 3.40. The van der Waals surface area contributed by atoms with Crippen LogP contribution >= 0.6 is 11.3 Å². The number of aryl methyl sites for hydroxylation is 1. The molecule has 1 fully saturated rings. The van der Waals surface area contributed by atoms with Gasteiger partial charge in [-0.05, 0) is 42.8 Å². The molecule has 9 nitrogen and oxygen atoms in total.